The number of para-hydroxylation sites is 2. The minimum Gasteiger partial charge on any atom is -0.308 e. The topological polar surface area (TPSA) is 38.1 Å². The summed E-state index contributed by atoms with van der Waals surface area (Å²) < 4.78 is 2.14. The number of benzene rings is 3. The summed E-state index contributed by atoms with van der Waals surface area (Å²) in [7, 11) is 0. The number of carbonyl (C=O) groups is 1. The lowest BCUT2D eigenvalue weighted by Gasteiger charge is -2.22. The van der Waals surface area contributed by atoms with Gasteiger partial charge in [-0.1, -0.05) is 60.7 Å². The predicted molar refractivity (Wildman–Crippen MR) is 114 cm³/mol. The SMILES string of the molecule is O=C(C(Sc1ccccc1)c1ccccc1)N1CCn2c1nc1ccccc12. The van der Waals surface area contributed by atoms with Crippen molar-refractivity contribution in [3.63, 3.8) is 0 Å². The highest BCUT2D eigenvalue weighted by molar-refractivity contribution is 8.00. The molecule has 1 aliphatic heterocycles. The van der Waals surface area contributed by atoms with Crippen molar-refractivity contribution in [3.05, 3.63) is 90.5 Å². The first-order valence-corrected chi connectivity index (χ1v) is 10.2. The number of nitrogens with zero attached hydrogens (tertiary/aromatic N) is 3. The Kier molecular flexibility index (Phi) is 4.37. The van der Waals surface area contributed by atoms with Crippen molar-refractivity contribution >= 4 is 34.7 Å². The van der Waals surface area contributed by atoms with Crippen LogP contribution in [0.1, 0.15) is 10.8 Å². The Balaban J connectivity index is 1.52. The van der Waals surface area contributed by atoms with E-state index in [9.17, 15) is 4.79 Å². The van der Waals surface area contributed by atoms with E-state index in [1.165, 1.54) is 0 Å². The molecule has 0 N–H and O–H groups in total. The van der Waals surface area contributed by atoms with E-state index in [1.54, 1.807) is 11.8 Å². The number of rotatable bonds is 4. The van der Waals surface area contributed by atoms with Gasteiger partial charge in [0, 0.05) is 18.0 Å². The Labute approximate surface area is 167 Å². The number of amides is 1. The van der Waals surface area contributed by atoms with Crippen molar-refractivity contribution in [3.8, 4) is 0 Å². The zero-order chi connectivity index (χ0) is 18.9. The molecule has 5 heteroatoms. The predicted octanol–water partition coefficient (Wildman–Crippen LogP) is 4.92. The maximum Gasteiger partial charge on any atom is 0.247 e. The third-order valence-electron chi connectivity index (χ3n) is 5.01. The third kappa shape index (κ3) is 2.98. The molecule has 0 bridgehead atoms. The number of anilines is 1. The minimum atomic E-state index is -0.310. The van der Waals surface area contributed by atoms with Crippen LogP contribution in [-0.4, -0.2) is 22.0 Å². The van der Waals surface area contributed by atoms with Crippen LogP contribution in [0, 0.1) is 0 Å². The van der Waals surface area contributed by atoms with Crippen LogP contribution in [0.15, 0.2) is 89.8 Å². The molecule has 1 aromatic heterocycles. The molecule has 1 amide bonds. The normalized spacial score (nSPS) is 14.2. The average Bonchev–Trinajstić information content (AvgIpc) is 3.32. The number of fused-ring (bicyclic) bond motifs is 3. The molecule has 0 fully saturated rings. The third-order valence-corrected chi connectivity index (χ3v) is 6.27. The lowest BCUT2D eigenvalue weighted by molar-refractivity contribution is -0.118. The maximum atomic E-state index is 13.6. The average molecular weight is 385 g/mol. The van der Waals surface area contributed by atoms with Gasteiger partial charge in [0.15, 0.2) is 0 Å². The molecule has 4 nitrogen and oxygen atoms in total. The van der Waals surface area contributed by atoms with Gasteiger partial charge in [-0.3, -0.25) is 9.69 Å². The van der Waals surface area contributed by atoms with Gasteiger partial charge >= 0.3 is 0 Å². The van der Waals surface area contributed by atoms with E-state index in [1.807, 2.05) is 83.8 Å². The molecule has 0 saturated heterocycles. The van der Waals surface area contributed by atoms with Crippen molar-refractivity contribution < 1.29 is 4.79 Å². The minimum absolute atomic E-state index is 0.0779. The Bertz CT molecular complexity index is 1120. The van der Waals surface area contributed by atoms with E-state index < -0.39 is 0 Å². The summed E-state index contributed by atoms with van der Waals surface area (Å²) in [4.78, 5) is 21.3. The lowest BCUT2D eigenvalue weighted by atomic mass is 10.1. The van der Waals surface area contributed by atoms with Crippen molar-refractivity contribution in [2.24, 2.45) is 0 Å². The summed E-state index contributed by atoms with van der Waals surface area (Å²) in [6.45, 7) is 1.43. The van der Waals surface area contributed by atoms with E-state index in [0.29, 0.717) is 6.54 Å². The van der Waals surface area contributed by atoms with Crippen molar-refractivity contribution in [1.29, 1.82) is 0 Å². The highest BCUT2D eigenvalue weighted by Crippen LogP contribution is 2.39. The van der Waals surface area contributed by atoms with Gasteiger partial charge in [-0.2, -0.15) is 0 Å². The zero-order valence-corrected chi connectivity index (χ0v) is 16.0. The summed E-state index contributed by atoms with van der Waals surface area (Å²) in [5, 5.41) is -0.310. The Morgan fingerprint density at radius 1 is 0.857 bits per heavy atom. The van der Waals surface area contributed by atoms with Crippen LogP contribution in [0.5, 0.6) is 0 Å². The van der Waals surface area contributed by atoms with Gasteiger partial charge in [-0.15, -0.1) is 11.8 Å². The van der Waals surface area contributed by atoms with Crippen LogP contribution >= 0.6 is 11.8 Å². The number of thioether (sulfide) groups is 1. The van der Waals surface area contributed by atoms with Crippen LogP contribution in [-0.2, 0) is 11.3 Å². The molecule has 2 heterocycles. The van der Waals surface area contributed by atoms with E-state index in [-0.39, 0.29) is 11.2 Å². The molecule has 1 aliphatic rings. The Hall–Kier alpha value is -3.05. The molecule has 0 saturated carbocycles. The first-order chi connectivity index (χ1) is 13.8. The first kappa shape index (κ1) is 17.1. The van der Waals surface area contributed by atoms with Gasteiger partial charge < -0.3 is 4.57 Å². The van der Waals surface area contributed by atoms with E-state index >= 15 is 0 Å². The van der Waals surface area contributed by atoms with E-state index in [0.717, 1.165) is 34.0 Å². The van der Waals surface area contributed by atoms with Crippen LogP contribution in [0.25, 0.3) is 11.0 Å². The highest BCUT2D eigenvalue weighted by atomic mass is 32.2. The summed E-state index contributed by atoms with van der Waals surface area (Å²) in [6.07, 6.45) is 0. The quantitative estimate of drug-likeness (QED) is 0.468. The van der Waals surface area contributed by atoms with Crippen molar-refractivity contribution in [2.75, 3.05) is 11.4 Å². The van der Waals surface area contributed by atoms with Gasteiger partial charge in [-0.05, 0) is 29.8 Å². The van der Waals surface area contributed by atoms with Crippen molar-refractivity contribution in [1.82, 2.24) is 9.55 Å². The van der Waals surface area contributed by atoms with E-state index in [2.05, 4.69) is 10.6 Å². The van der Waals surface area contributed by atoms with Crippen LogP contribution in [0.4, 0.5) is 5.95 Å². The fourth-order valence-corrected chi connectivity index (χ4v) is 4.77. The summed E-state index contributed by atoms with van der Waals surface area (Å²) >= 11 is 1.59. The molecule has 3 aromatic carbocycles. The van der Waals surface area contributed by atoms with Gasteiger partial charge in [0.05, 0.1) is 11.0 Å². The molecular weight excluding hydrogens is 366 g/mol. The number of hydrogen-bond acceptors (Lipinski definition) is 3. The smallest absolute Gasteiger partial charge is 0.247 e. The number of imidazole rings is 1. The molecular formula is C23H19N3OS. The lowest BCUT2D eigenvalue weighted by Crippen LogP contribution is -2.33. The molecule has 5 rings (SSSR count). The summed E-state index contributed by atoms with van der Waals surface area (Å²) in [6, 6.07) is 28.2. The van der Waals surface area contributed by atoms with Gasteiger partial charge in [0.25, 0.3) is 0 Å². The fraction of sp³-hybridized carbons (Fsp3) is 0.130. The van der Waals surface area contributed by atoms with Gasteiger partial charge in [0.2, 0.25) is 11.9 Å². The van der Waals surface area contributed by atoms with Crippen LogP contribution < -0.4 is 4.90 Å². The number of hydrogen-bond donors (Lipinski definition) is 0. The second-order valence-electron chi connectivity index (χ2n) is 6.76. The van der Waals surface area contributed by atoms with Crippen LogP contribution in [0.2, 0.25) is 0 Å². The second kappa shape index (κ2) is 7.17. The number of aromatic nitrogens is 2. The molecule has 138 valence electrons. The molecule has 28 heavy (non-hydrogen) atoms. The van der Waals surface area contributed by atoms with E-state index in [4.69, 9.17) is 4.98 Å². The maximum absolute atomic E-state index is 13.6. The zero-order valence-electron chi connectivity index (χ0n) is 15.2. The summed E-state index contributed by atoms with van der Waals surface area (Å²) in [5.74, 6) is 0.829. The largest absolute Gasteiger partial charge is 0.308 e. The molecule has 0 spiro atoms. The molecule has 1 unspecified atom stereocenters. The van der Waals surface area contributed by atoms with Gasteiger partial charge in [0.1, 0.15) is 5.25 Å². The number of carbonyl (C=O) groups excluding carboxylic acids is 1. The van der Waals surface area contributed by atoms with Gasteiger partial charge in [-0.25, -0.2) is 4.98 Å². The fourth-order valence-electron chi connectivity index (χ4n) is 3.66. The Morgan fingerprint density at radius 2 is 1.54 bits per heavy atom. The summed E-state index contributed by atoms with van der Waals surface area (Å²) in [5.41, 5.74) is 3.03. The molecule has 1 atom stereocenters. The van der Waals surface area contributed by atoms with Crippen molar-refractivity contribution in [2.45, 2.75) is 16.7 Å². The monoisotopic (exact) mass is 385 g/mol. The molecule has 4 aromatic rings. The standard InChI is InChI=1S/C23H19N3OS/c27-22(26-16-15-25-20-14-8-7-13-19(20)24-23(25)26)21(17-9-3-1-4-10-17)28-18-11-5-2-6-12-18/h1-14,21H,15-16H2. The highest BCUT2D eigenvalue weighted by Gasteiger charge is 2.34. The molecule has 0 radical (unpaired) electrons. The first-order valence-electron chi connectivity index (χ1n) is 9.34. The Morgan fingerprint density at radius 3 is 2.32 bits per heavy atom. The molecule has 0 aliphatic carbocycles. The van der Waals surface area contributed by atoms with Crippen LogP contribution in [0.3, 0.4) is 0 Å². The second-order valence-corrected chi connectivity index (χ2v) is 7.94.